The average Bonchev–Trinajstić information content (AvgIpc) is 2.22. The molecule has 0 radical (unpaired) electrons. The molecule has 1 aromatic carbocycles. The highest BCUT2D eigenvalue weighted by atomic mass is 32.2. The molecule has 0 spiro atoms. The zero-order chi connectivity index (χ0) is 13.8. The minimum Gasteiger partial charge on any atom is -0.211 e. The summed E-state index contributed by atoms with van der Waals surface area (Å²) in [6.45, 7) is 3.43. The highest BCUT2D eigenvalue weighted by Crippen LogP contribution is 2.21. The molecule has 3 nitrogen and oxygen atoms in total. The molecule has 0 aliphatic carbocycles. The van der Waals surface area contributed by atoms with Crippen LogP contribution in [0.3, 0.4) is 0 Å². The fourth-order valence-electron chi connectivity index (χ4n) is 1.79. The molecule has 0 aromatic heterocycles. The number of halogens is 1. The Kier molecular flexibility index (Phi) is 4.88. The first kappa shape index (κ1) is 14.7. The molecule has 1 aromatic rings. The van der Waals surface area contributed by atoms with E-state index in [1.54, 1.807) is 13.8 Å². The lowest BCUT2D eigenvalue weighted by Gasteiger charge is -2.11. The van der Waals surface area contributed by atoms with Gasteiger partial charge in [-0.3, -0.25) is 0 Å². The highest BCUT2D eigenvalue weighted by molar-refractivity contribution is 7.89. The minimum atomic E-state index is -3.60. The van der Waals surface area contributed by atoms with Gasteiger partial charge in [0.25, 0.3) is 0 Å². The van der Waals surface area contributed by atoms with Gasteiger partial charge in [0.15, 0.2) is 0 Å². The lowest BCUT2D eigenvalue weighted by atomic mass is 10.1. The van der Waals surface area contributed by atoms with Gasteiger partial charge in [0.05, 0.1) is 4.90 Å². The van der Waals surface area contributed by atoms with Crippen molar-refractivity contribution in [2.75, 3.05) is 6.54 Å². The summed E-state index contributed by atoms with van der Waals surface area (Å²) in [5.41, 5.74) is 0.800. The summed E-state index contributed by atoms with van der Waals surface area (Å²) < 4.78 is 39.7. The summed E-state index contributed by atoms with van der Waals surface area (Å²) in [6, 6.07) is 2.42. The number of benzene rings is 1. The van der Waals surface area contributed by atoms with Crippen molar-refractivity contribution in [3.05, 3.63) is 29.1 Å². The van der Waals surface area contributed by atoms with Crippen LogP contribution in [0.2, 0.25) is 0 Å². The van der Waals surface area contributed by atoms with Gasteiger partial charge in [-0.25, -0.2) is 17.5 Å². The number of terminal acetylenes is 1. The van der Waals surface area contributed by atoms with Crippen LogP contribution in [-0.2, 0) is 10.0 Å². The van der Waals surface area contributed by atoms with Crippen LogP contribution >= 0.6 is 0 Å². The van der Waals surface area contributed by atoms with Crippen LogP contribution in [0, 0.1) is 32.0 Å². The molecule has 0 saturated heterocycles. The van der Waals surface area contributed by atoms with E-state index in [1.165, 1.54) is 12.1 Å². The van der Waals surface area contributed by atoms with E-state index in [2.05, 4.69) is 10.6 Å². The first-order chi connectivity index (χ1) is 8.38. The molecule has 0 amide bonds. The predicted molar refractivity (Wildman–Crippen MR) is 69.1 cm³/mol. The van der Waals surface area contributed by atoms with Crippen LogP contribution in [0.1, 0.15) is 24.0 Å². The van der Waals surface area contributed by atoms with Gasteiger partial charge < -0.3 is 0 Å². The molecule has 5 heteroatoms. The summed E-state index contributed by atoms with van der Waals surface area (Å²) in [5.74, 6) is 2.01. The highest BCUT2D eigenvalue weighted by Gasteiger charge is 2.19. The third-order valence-electron chi connectivity index (χ3n) is 2.48. The van der Waals surface area contributed by atoms with Gasteiger partial charge >= 0.3 is 0 Å². The van der Waals surface area contributed by atoms with E-state index in [1.807, 2.05) is 0 Å². The molecule has 1 rings (SSSR count). The van der Waals surface area contributed by atoms with Crippen molar-refractivity contribution in [2.24, 2.45) is 0 Å². The molecule has 0 fully saturated rings. The minimum absolute atomic E-state index is 0.143. The Balaban J connectivity index is 2.96. The van der Waals surface area contributed by atoms with Gasteiger partial charge in [-0.15, -0.1) is 12.3 Å². The second-order valence-corrected chi connectivity index (χ2v) is 5.78. The van der Waals surface area contributed by atoms with E-state index in [4.69, 9.17) is 6.42 Å². The maximum Gasteiger partial charge on any atom is 0.241 e. The zero-order valence-corrected chi connectivity index (χ0v) is 11.3. The molecular formula is C13H16FNO2S. The molecule has 0 aliphatic heterocycles. The average molecular weight is 269 g/mol. The molecule has 0 heterocycles. The summed E-state index contributed by atoms with van der Waals surface area (Å²) in [6.07, 6.45) is 6.18. The van der Waals surface area contributed by atoms with E-state index in [9.17, 15) is 12.8 Å². The fraction of sp³-hybridized carbons (Fsp3) is 0.385. The molecule has 18 heavy (non-hydrogen) atoms. The van der Waals surface area contributed by atoms with E-state index in [-0.39, 0.29) is 11.4 Å². The third kappa shape index (κ3) is 3.56. The Bertz CT molecular complexity index is 550. The van der Waals surface area contributed by atoms with Crippen LogP contribution in [0.5, 0.6) is 0 Å². The van der Waals surface area contributed by atoms with Crippen LogP contribution < -0.4 is 4.72 Å². The largest absolute Gasteiger partial charge is 0.241 e. The Morgan fingerprint density at radius 2 is 1.89 bits per heavy atom. The van der Waals surface area contributed by atoms with Gasteiger partial charge in [-0.1, -0.05) is 0 Å². The number of nitrogens with one attached hydrogen (secondary N) is 1. The normalized spacial score (nSPS) is 11.2. The van der Waals surface area contributed by atoms with Crippen LogP contribution in [0.4, 0.5) is 4.39 Å². The topological polar surface area (TPSA) is 46.2 Å². The SMILES string of the molecule is C#CCCCNS(=O)(=O)c1c(C)cc(F)cc1C. The molecule has 0 saturated carbocycles. The van der Waals surface area contributed by atoms with E-state index in [0.29, 0.717) is 24.0 Å². The Morgan fingerprint density at radius 3 is 2.39 bits per heavy atom. The standard InChI is InChI=1S/C13H16FNO2S/c1-4-5-6-7-15-18(16,17)13-10(2)8-12(14)9-11(13)3/h1,8-9,15H,5-7H2,2-3H3. The van der Waals surface area contributed by atoms with Crippen LogP contribution in [-0.4, -0.2) is 15.0 Å². The number of hydrogen-bond acceptors (Lipinski definition) is 2. The first-order valence-corrected chi connectivity index (χ1v) is 7.06. The van der Waals surface area contributed by atoms with Gasteiger partial charge in [0.1, 0.15) is 5.82 Å². The molecular weight excluding hydrogens is 253 g/mol. The van der Waals surface area contributed by atoms with Gasteiger partial charge in [-0.05, 0) is 43.5 Å². The summed E-state index contributed by atoms with van der Waals surface area (Å²) in [5, 5.41) is 0. The smallest absolute Gasteiger partial charge is 0.211 e. The third-order valence-corrected chi connectivity index (χ3v) is 4.25. The van der Waals surface area contributed by atoms with Crippen molar-refractivity contribution in [1.29, 1.82) is 0 Å². The zero-order valence-electron chi connectivity index (χ0n) is 10.5. The molecule has 0 bridgehead atoms. The molecule has 1 N–H and O–H groups in total. The molecule has 0 aliphatic rings. The predicted octanol–water partition coefficient (Wildman–Crippen LogP) is 2.13. The summed E-state index contributed by atoms with van der Waals surface area (Å²) >= 11 is 0. The van der Waals surface area contributed by atoms with Gasteiger partial charge in [0, 0.05) is 13.0 Å². The lowest BCUT2D eigenvalue weighted by Crippen LogP contribution is -2.26. The van der Waals surface area contributed by atoms with Crippen LogP contribution in [0.15, 0.2) is 17.0 Å². The fourth-order valence-corrected chi connectivity index (χ4v) is 3.31. The van der Waals surface area contributed by atoms with E-state index < -0.39 is 15.8 Å². The Hall–Kier alpha value is -1.38. The van der Waals surface area contributed by atoms with Gasteiger partial charge in [0.2, 0.25) is 10.0 Å². The first-order valence-electron chi connectivity index (χ1n) is 5.58. The number of sulfonamides is 1. The van der Waals surface area contributed by atoms with Crippen LogP contribution in [0.25, 0.3) is 0 Å². The quantitative estimate of drug-likeness (QED) is 0.657. The van der Waals surface area contributed by atoms with Crippen molar-refractivity contribution >= 4 is 10.0 Å². The van der Waals surface area contributed by atoms with Crippen molar-refractivity contribution in [2.45, 2.75) is 31.6 Å². The maximum absolute atomic E-state index is 13.1. The Labute approximate surface area is 107 Å². The second-order valence-electron chi connectivity index (χ2n) is 4.07. The van der Waals surface area contributed by atoms with Crippen molar-refractivity contribution in [1.82, 2.24) is 4.72 Å². The van der Waals surface area contributed by atoms with Crippen molar-refractivity contribution in [3.8, 4) is 12.3 Å². The summed E-state index contributed by atoms with van der Waals surface area (Å²) in [7, 11) is -3.60. The van der Waals surface area contributed by atoms with Gasteiger partial charge in [-0.2, -0.15) is 0 Å². The number of hydrogen-bond donors (Lipinski definition) is 1. The lowest BCUT2D eigenvalue weighted by molar-refractivity contribution is 0.577. The summed E-state index contributed by atoms with van der Waals surface area (Å²) in [4.78, 5) is 0.143. The number of aryl methyl sites for hydroxylation is 2. The van der Waals surface area contributed by atoms with E-state index in [0.717, 1.165) is 0 Å². The number of rotatable bonds is 5. The second kappa shape index (κ2) is 5.98. The van der Waals surface area contributed by atoms with E-state index >= 15 is 0 Å². The maximum atomic E-state index is 13.1. The van der Waals surface area contributed by atoms with Crippen molar-refractivity contribution in [3.63, 3.8) is 0 Å². The molecule has 0 unspecified atom stereocenters. The number of unbranched alkanes of at least 4 members (excludes halogenated alkanes) is 1. The van der Waals surface area contributed by atoms with Crippen molar-refractivity contribution < 1.29 is 12.8 Å². The Morgan fingerprint density at radius 1 is 1.33 bits per heavy atom. The monoisotopic (exact) mass is 269 g/mol. The molecule has 98 valence electrons. The molecule has 0 atom stereocenters.